The number of esters is 1. The van der Waals surface area contributed by atoms with Crippen molar-refractivity contribution in [1.29, 1.82) is 0 Å². The Morgan fingerprint density at radius 3 is 2.33 bits per heavy atom. The minimum absolute atomic E-state index is 0.125. The van der Waals surface area contributed by atoms with Crippen molar-refractivity contribution in [2.45, 2.75) is 19.1 Å². The van der Waals surface area contributed by atoms with Gasteiger partial charge in [-0.1, -0.05) is 6.58 Å². The predicted molar refractivity (Wildman–Crippen MR) is 49.9 cm³/mol. The maximum absolute atomic E-state index is 11.0. The van der Waals surface area contributed by atoms with Crippen molar-refractivity contribution in [2.24, 2.45) is 0 Å². The zero-order valence-corrected chi connectivity index (χ0v) is 8.34. The zero-order chi connectivity index (χ0) is 12.0. The highest BCUT2D eigenvalue weighted by Gasteiger charge is 2.24. The van der Waals surface area contributed by atoms with E-state index in [9.17, 15) is 9.59 Å². The largest absolute Gasteiger partial charge is 0.454 e. The summed E-state index contributed by atoms with van der Waals surface area (Å²) in [6, 6.07) is 0. The number of hydrogen-bond donors (Lipinski definition) is 3. The molecule has 0 aliphatic rings. The summed E-state index contributed by atoms with van der Waals surface area (Å²) in [6.45, 7) is 3.29. The Labute approximate surface area is 86.8 Å². The van der Waals surface area contributed by atoms with Crippen molar-refractivity contribution < 1.29 is 29.6 Å². The standard InChI is InChI=1S/C9H14O6/c1-5(2)9(14)15-4-7(12)8(13)6(11)3-10/h6,8,10-11,13H,1,3-4H2,2H3/t6-,8+/m1/s1. The lowest BCUT2D eigenvalue weighted by Gasteiger charge is -2.13. The van der Waals surface area contributed by atoms with Gasteiger partial charge in [-0.3, -0.25) is 4.79 Å². The van der Waals surface area contributed by atoms with Crippen LogP contribution in [0.4, 0.5) is 0 Å². The summed E-state index contributed by atoms with van der Waals surface area (Å²) in [5.41, 5.74) is 0.125. The number of ketones is 1. The van der Waals surface area contributed by atoms with Crippen LogP contribution in [0.15, 0.2) is 12.2 Å². The fraction of sp³-hybridized carbons (Fsp3) is 0.556. The van der Waals surface area contributed by atoms with Crippen molar-refractivity contribution in [3.63, 3.8) is 0 Å². The Morgan fingerprint density at radius 2 is 1.93 bits per heavy atom. The van der Waals surface area contributed by atoms with E-state index in [1.54, 1.807) is 0 Å². The minimum Gasteiger partial charge on any atom is -0.454 e. The van der Waals surface area contributed by atoms with Crippen molar-refractivity contribution >= 4 is 11.8 Å². The number of Topliss-reactive ketones (excluding diaryl/α,β-unsaturated/α-hetero) is 1. The van der Waals surface area contributed by atoms with Gasteiger partial charge in [0.05, 0.1) is 6.61 Å². The van der Waals surface area contributed by atoms with Crippen molar-refractivity contribution in [3.05, 3.63) is 12.2 Å². The number of ether oxygens (including phenoxy) is 1. The van der Waals surface area contributed by atoms with E-state index in [1.165, 1.54) is 6.92 Å². The Kier molecular flexibility index (Phi) is 5.76. The van der Waals surface area contributed by atoms with E-state index in [2.05, 4.69) is 11.3 Å². The van der Waals surface area contributed by atoms with Gasteiger partial charge in [0, 0.05) is 5.57 Å². The Hall–Kier alpha value is -1.24. The Bertz CT molecular complexity index is 259. The SMILES string of the molecule is C=C(C)C(=O)OCC(=O)[C@@H](O)[C@H](O)CO. The van der Waals surface area contributed by atoms with Crippen LogP contribution >= 0.6 is 0 Å². The molecule has 0 unspecified atom stereocenters. The van der Waals surface area contributed by atoms with Crippen LogP contribution in [0.2, 0.25) is 0 Å². The minimum atomic E-state index is -1.76. The van der Waals surface area contributed by atoms with Crippen LogP contribution in [0, 0.1) is 0 Å². The molecule has 3 N–H and O–H groups in total. The van der Waals surface area contributed by atoms with Crippen LogP contribution in [-0.4, -0.2) is 52.5 Å². The molecule has 0 aromatic carbocycles. The van der Waals surface area contributed by atoms with Crippen LogP contribution in [0.1, 0.15) is 6.92 Å². The molecule has 0 radical (unpaired) electrons. The van der Waals surface area contributed by atoms with Crippen LogP contribution in [0.3, 0.4) is 0 Å². The quantitative estimate of drug-likeness (QED) is 0.366. The Morgan fingerprint density at radius 1 is 1.40 bits per heavy atom. The molecule has 0 aliphatic carbocycles. The van der Waals surface area contributed by atoms with E-state index < -0.39 is 37.2 Å². The fourth-order valence-electron chi connectivity index (χ4n) is 0.660. The van der Waals surface area contributed by atoms with E-state index in [0.29, 0.717) is 0 Å². The van der Waals surface area contributed by atoms with Crippen molar-refractivity contribution in [2.75, 3.05) is 13.2 Å². The third-order valence-electron chi connectivity index (χ3n) is 1.58. The van der Waals surface area contributed by atoms with Crippen LogP contribution < -0.4 is 0 Å². The van der Waals surface area contributed by atoms with Gasteiger partial charge in [0.15, 0.2) is 6.61 Å². The molecule has 6 nitrogen and oxygen atoms in total. The third-order valence-corrected chi connectivity index (χ3v) is 1.58. The van der Waals surface area contributed by atoms with Gasteiger partial charge in [-0.15, -0.1) is 0 Å². The average Bonchev–Trinajstić information content (AvgIpc) is 2.22. The second kappa shape index (κ2) is 6.28. The Balaban J connectivity index is 4.04. The summed E-state index contributed by atoms with van der Waals surface area (Å²) < 4.78 is 4.44. The summed E-state index contributed by atoms with van der Waals surface area (Å²) in [6.07, 6.45) is -3.33. The summed E-state index contributed by atoms with van der Waals surface area (Å²) in [5.74, 6) is -1.64. The zero-order valence-electron chi connectivity index (χ0n) is 8.34. The fourth-order valence-corrected chi connectivity index (χ4v) is 0.660. The van der Waals surface area contributed by atoms with E-state index in [-0.39, 0.29) is 5.57 Å². The first-order valence-corrected chi connectivity index (χ1v) is 4.22. The molecule has 0 aliphatic heterocycles. The lowest BCUT2D eigenvalue weighted by molar-refractivity contribution is -0.150. The number of aliphatic hydroxyl groups is 3. The molecule has 0 saturated carbocycles. The molecule has 0 aromatic rings. The number of carbonyl (C=O) groups is 2. The second-order valence-electron chi connectivity index (χ2n) is 3.02. The second-order valence-corrected chi connectivity index (χ2v) is 3.02. The molecule has 0 amide bonds. The lowest BCUT2D eigenvalue weighted by Crippen LogP contribution is -2.38. The molecule has 0 heterocycles. The normalized spacial score (nSPS) is 14.1. The molecular weight excluding hydrogens is 204 g/mol. The topological polar surface area (TPSA) is 104 Å². The predicted octanol–water partition coefficient (Wildman–Crippen LogP) is -1.61. The number of hydrogen-bond acceptors (Lipinski definition) is 6. The lowest BCUT2D eigenvalue weighted by atomic mass is 10.1. The summed E-state index contributed by atoms with van der Waals surface area (Å²) >= 11 is 0. The average molecular weight is 218 g/mol. The van der Waals surface area contributed by atoms with Gasteiger partial charge in [-0.25, -0.2) is 4.79 Å². The van der Waals surface area contributed by atoms with E-state index in [0.717, 1.165) is 0 Å². The molecule has 6 heteroatoms. The van der Waals surface area contributed by atoms with E-state index in [4.69, 9.17) is 15.3 Å². The molecule has 0 spiro atoms. The van der Waals surface area contributed by atoms with Crippen LogP contribution in [-0.2, 0) is 14.3 Å². The highest BCUT2D eigenvalue weighted by Crippen LogP contribution is 1.97. The van der Waals surface area contributed by atoms with Crippen LogP contribution in [0.5, 0.6) is 0 Å². The number of rotatable bonds is 6. The smallest absolute Gasteiger partial charge is 0.333 e. The molecule has 0 rings (SSSR count). The first-order chi connectivity index (χ1) is 6.90. The van der Waals surface area contributed by atoms with E-state index >= 15 is 0 Å². The molecule has 15 heavy (non-hydrogen) atoms. The number of carbonyl (C=O) groups excluding carboxylic acids is 2. The van der Waals surface area contributed by atoms with Crippen molar-refractivity contribution in [1.82, 2.24) is 0 Å². The molecular formula is C9H14O6. The third kappa shape index (κ3) is 4.68. The van der Waals surface area contributed by atoms with Crippen LogP contribution in [0.25, 0.3) is 0 Å². The summed E-state index contributed by atoms with van der Waals surface area (Å²) in [5, 5.41) is 26.4. The van der Waals surface area contributed by atoms with Gasteiger partial charge >= 0.3 is 5.97 Å². The van der Waals surface area contributed by atoms with Gasteiger partial charge in [0.1, 0.15) is 12.2 Å². The van der Waals surface area contributed by atoms with Gasteiger partial charge in [-0.05, 0) is 6.92 Å². The highest BCUT2D eigenvalue weighted by atomic mass is 16.5. The molecule has 0 saturated heterocycles. The molecule has 0 fully saturated rings. The molecule has 86 valence electrons. The first kappa shape index (κ1) is 13.8. The molecule has 0 bridgehead atoms. The maximum atomic E-state index is 11.0. The summed E-state index contributed by atoms with van der Waals surface area (Å²) in [4.78, 5) is 21.9. The van der Waals surface area contributed by atoms with Crippen molar-refractivity contribution in [3.8, 4) is 0 Å². The van der Waals surface area contributed by atoms with Gasteiger partial charge in [-0.2, -0.15) is 0 Å². The monoisotopic (exact) mass is 218 g/mol. The highest BCUT2D eigenvalue weighted by molar-refractivity contribution is 5.91. The van der Waals surface area contributed by atoms with Gasteiger partial charge in [0.25, 0.3) is 0 Å². The molecule has 0 aromatic heterocycles. The van der Waals surface area contributed by atoms with E-state index in [1.807, 2.05) is 0 Å². The number of aliphatic hydroxyl groups excluding tert-OH is 3. The first-order valence-electron chi connectivity index (χ1n) is 4.22. The van der Waals surface area contributed by atoms with Gasteiger partial charge < -0.3 is 20.1 Å². The van der Waals surface area contributed by atoms with Gasteiger partial charge in [0.2, 0.25) is 5.78 Å². The maximum Gasteiger partial charge on any atom is 0.333 e. The molecule has 2 atom stereocenters. The summed E-state index contributed by atoms with van der Waals surface area (Å²) in [7, 11) is 0.